The molecule has 8 nitrogen and oxygen atoms in total. The van der Waals surface area contributed by atoms with Gasteiger partial charge in [0.15, 0.2) is 18.1 Å². The molecule has 0 aromatic heterocycles. The zero-order chi connectivity index (χ0) is 21.1. The van der Waals surface area contributed by atoms with E-state index in [9.17, 15) is 9.59 Å². The van der Waals surface area contributed by atoms with Gasteiger partial charge < -0.3 is 29.2 Å². The third kappa shape index (κ3) is 4.33. The van der Waals surface area contributed by atoms with Crippen molar-refractivity contribution in [1.82, 2.24) is 4.90 Å². The van der Waals surface area contributed by atoms with E-state index >= 15 is 0 Å². The zero-order valence-electron chi connectivity index (χ0n) is 17.0. The Kier molecular flexibility index (Phi) is 5.76. The molecule has 158 valence electrons. The molecule has 1 saturated heterocycles. The minimum Gasteiger partial charge on any atom is -0.483 e. The van der Waals surface area contributed by atoms with Crippen LogP contribution < -0.4 is 19.5 Å². The third-order valence-corrected chi connectivity index (χ3v) is 5.06. The normalized spacial score (nSPS) is 15.1. The van der Waals surface area contributed by atoms with Crippen molar-refractivity contribution in [2.75, 3.05) is 45.0 Å². The van der Waals surface area contributed by atoms with Crippen molar-refractivity contribution in [3.05, 3.63) is 47.0 Å². The molecule has 30 heavy (non-hydrogen) atoms. The quantitative estimate of drug-likeness (QED) is 0.812. The Labute approximate surface area is 174 Å². The molecule has 0 aliphatic carbocycles. The average Bonchev–Trinajstić information content (AvgIpc) is 3.21. The van der Waals surface area contributed by atoms with E-state index in [1.54, 1.807) is 23.1 Å². The van der Waals surface area contributed by atoms with Gasteiger partial charge in [-0.05, 0) is 55.3 Å². The van der Waals surface area contributed by atoms with Crippen LogP contribution in [0.15, 0.2) is 30.3 Å². The molecule has 8 heteroatoms. The Bertz CT molecular complexity index is 945. The van der Waals surface area contributed by atoms with Crippen molar-refractivity contribution in [1.29, 1.82) is 0 Å². The first-order valence-electron chi connectivity index (χ1n) is 9.82. The summed E-state index contributed by atoms with van der Waals surface area (Å²) in [5.41, 5.74) is 2.81. The number of benzene rings is 2. The van der Waals surface area contributed by atoms with Crippen LogP contribution in [-0.2, 0) is 9.53 Å². The van der Waals surface area contributed by atoms with Gasteiger partial charge in [0, 0.05) is 24.3 Å². The molecule has 2 aromatic carbocycles. The zero-order valence-corrected chi connectivity index (χ0v) is 17.0. The van der Waals surface area contributed by atoms with Gasteiger partial charge in [-0.1, -0.05) is 0 Å². The van der Waals surface area contributed by atoms with Gasteiger partial charge in [-0.25, -0.2) is 0 Å². The SMILES string of the molecule is Cc1cc(NC(=O)c2ccc3c(c2)OCO3)cc(C)c1OCC(=O)N1CCOCC1. The van der Waals surface area contributed by atoms with E-state index < -0.39 is 0 Å². The summed E-state index contributed by atoms with van der Waals surface area (Å²) >= 11 is 0. The highest BCUT2D eigenvalue weighted by Crippen LogP contribution is 2.33. The number of hydrogen-bond acceptors (Lipinski definition) is 6. The lowest BCUT2D eigenvalue weighted by Gasteiger charge is -2.27. The van der Waals surface area contributed by atoms with Gasteiger partial charge >= 0.3 is 0 Å². The van der Waals surface area contributed by atoms with E-state index in [0.29, 0.717) is 54.8 Å². The maximum atomic E-state index is 12.6. The Morgan fingerprint density at radius 3 is 2.47 bits per heavy atom. The Hall–Kier alpha value is -3.26. The second-order valence-electron chi connectivity index (χ2n) is 7.24. The molecule has 0 atom stereocenters. The summed E-state index contributed by atoms with van der Waals surface area (Å²) in [6.07, 6.45) is 0. The largest absolute Gasteiger partial charge is 0.483 e. The lowest BCUT2D eigenvalue weighted by molar-refractivity contribution is -0.137. The molecule has 4 rings (SSSR count). The van der Waals surface area contributed by atoms with Gasteiger partial charge in [-0.2, -0.15) is 0 Å². The van der Waals surface area contributed by atoms with E-state index in [1.165, 1.54) is 0 Å². The van der Waals surface area contributed by atoms with Gasteiger partial charge in [-0.15, -0.1) is 0 Å². The first-order chi connectivity index (χ1) is 14.5. The highest BCUT2D eigenvalue weighted by atomic mass is 16.7. The second kappa shape index (κ2) is 8.62. The number of aryl methyl sites for hydroxylation is 2. The summed E-state index contributed by atoms with van der Waals surface area (Å²) in [5, 5.41) is 2.89. The Morgan fingerprint density at radius 1 is 1.03 bits per heavy atom. The summed E-state index contributed by atoms with van der Waals surface area (Å²) in [4.78, 5) is 26.7. The molecule has 2 aliphatic rings. The molecule has 0 unspecified atom stereocenters. The standard InChI is InChI=1S/C22H24N2O6/c1-14-9-17(23-22(26)16-3-4-18-19(11-16)30-13-29-18)10-15(2)21(14)28-12-20(25)24-5-7-27-8-6-24/h3-4,9-11H,5-8,12-13H2,1-2H3,(H,23,26). The fourth-order valence-electron chi connectivity index (χ4n) is 3.53. The Morgan fingerprint density at radius 2 is 1.73 bits per heavy atom. The number of nitrogens with one attached hydrogen (secondary N) is 1. The summed E-state index contributed by atoms with van der Waals surface area (Å²) < 4.78 is 21.7. The van der Waals surface area contributed by atoms with Gasteiger partial charge in [0.25, 0.3) is 11.8 Å². The van der Waals surface area contributed by atoms with E-state index in [4.69, 9.17) is 18.9 Å². The molecule has 1 N–H and O–H groups in total. The first kappa shape index (κ1) is 20.0. The lowest BCUT2D eigenvalue weighted by Crippen LogP contribution is -2.43. The summed E-state index contributed by atoms with van der Waals surface area (Å²) in [6, 6.07) is 8.72. The van der Waals surface area contributed by atoms with E-state index in [-0.39, 0.29) is 25.2 Å². The molecule has 2 amide bonds. The third-order valence-electron chi connectivity index (χ3n) is 5.06. The number of carbonyl (C=O) groups is 2. The number of ether oxygens (including phenoxy) is 4. The van der Waals surface area contributed by atoms with Crippen molar-refractivity contribution in [3.8, 4) is 17.2 Å². The van der Waals surface area contributed by atoms with Crippen LogP contribution in [-0.4, -0.2) is 56.4 Å². The molecule has 2 heterocycles. The molecule has 0 spiro atoms. The second-order valence-corrected chi connectivity index (χ2v) is 7.24. The maximum Gasteiger partial charge on any atom is 0.260 e. The van der Waals surface area contributed by atoms with E-state index in [2.05, 4.69) is 5.32 Å². The van der Waals surface area contributed by atoms with Crippen LogP contribution in [0.4, 0.5) is 5.69 Å². The number of rotatable bonds is 5. The van der Waals surface area contributed by atoms with E-state index in [0.717, 1.165) is 11.1 Å². The van der Waals surface area contributed by atoms with E-state index in [1.807, 2.05) is 26.0 Å². The molecule has 2 aliphatic heterocycles. The predicted molar refractivity (Wildman–Crippen MR) is 109 cm³/mol. The minimum atomic E-state index is -0.247. The number of fused-ring (bicyclic) bond motifs is 1. The molecule has 0 bridgehead atoms. The number of morpholine rings is 1. The summed E-state index contributed by atoms with van der Waals surface area (Å²) in [7, 11) is 0. The number of carbonyl (C=O) groups excluding carboxylic acids is 2. The fraction of sp³-hybridized carbons (Fsp3) is 0.364. The van der Waals surface area contributed by atoms with Crippen LogP contribution in [0.3, 0.4) is 0 Å². The van der Waals surface area contributed by atoms with Crippen molar-refractivity contribution >= 4 is 17.5 Å². The fourth-order valence-corrected chi connectivity index (χ4v) is 3.53. The molecular weight excluding hydrogens is 388 g/mol. The van der Waals surface area contributed by atoms with Crippen LogP contribution in [0.25, 0.3) is 0 Å². The van der Waals surface area contributed by atoms with Crippen molar-refractivity contribution in [2.45, 2.75) is 13.8 Å². The molecule has 2 aromatic rings. The van der Waals surface area contributed by atoms with Gasteiger partial charge in [0.05, 0.1) is 13.2 Å². The number of hydrogen-bond donors (Lipinski definition) is 1. The number of amides is 2. The Balaban J connectivity index is 1.40. The smallest absolute Gasteiger partial charge is 0.260 e. The highest BCUT2D eigenvalue weighted by Gasteiger charge is 2.19. The summed E-state index contributed by atoms with van der Waals surface area (Å²) in [6.45, 7) is 6.20. The average molecular weight is 412 g/mol. The van der Waals surface area contributed by atoms with Crippen LogP contribution >= 0.6 is 0 Å². The van der Waals surface area contributed by atoms with Crippen molar-refractivity contribution in [3.63, 3.8) is 0 Å². The van der Waals surface area contributed by atoms with Crippen LogP contribution in [0.5, 0.6) is 17.2 Å². The monoisotopic (exact) mass is 412 g/mol. The minimum absolute atomic E-state index is 0.0232. The van der Waals surface area contributed by atoms with Gasteiger partial charge in [0.2, 0.25) is 6.79 Å². The number of anilines is 1. The predicted octanol–water partition coefficient (Wildman–Crippen LogP) is 2.52. The van der Waals surface area contributed by atoms with Crippen molar-refractivity contribution in [2.24, 2.45) is 0 Å². The molecule has 1 fully saturated rings. The molecular formula is C22H24N2O6. The lowest BCUT2D eigenvalue weighted by atomic mass is 10.1. The van der Waals surface area contributed by atoms with Gasteiger partial charge in [-0.3, -0.25) is 9.59 Å². The van der Waals surface area contributed by atoms with Crippen molar-refractivity contribution < 1.29 is 28.5 Å². The van der Waals surface area contributed by atoms with Crippen LogP contribution in [0.2, 0.25) is 0 Å². The van der Waals surface area contributed by atoms with Crippen LogP contribution in [0.1, 0.15) is 21.5 Å². The molecule has 0 radical (unpaired) electrons. The topological polar surface area (TPSA) is 86.3 Å². The van der Waals surface area contributed by atoms with Gasteiger partial charge in [0.1, 0.15) is 5.75 Å². The number of nitrogens with zero attached hydrogens (tertiary/aromatic N) is 1. The maximum absolute atomic E-state index is 12.6. The van der Waals surface area contributed by atoms with Crippen LogP contribution in [0, 0.1) is 13.8 Å². The highest BCUT2D eigenvalue weighted by molar-refractivity contribution is 6.04. The summed E-state index contributed by atoms with van der Waals surface area (Å²) in [5.74, 6) is 1.54. The first-order valence-corrected chi connectivity index (χ1v) is 9.82. The molecule has 0 saturated carbocycles.